The molecule has 1 heterocycles. The van der Waals surface area contributed by atoms with E-state index in [-0.39, 0.29) is 11.2 Å². The van der Waals surface area contributed by atoms with Crippen LogP contribution in [-0.4, -0.2) is 49.6 Å². The Morgan fingerprint density at radius 2 is 1.92 bits per heavy atom. The van der Waals surface area contributed by atoms with Gasteiger partial charge in [-0.2, -0.15) is 0 Å². The first-order chi connectivity index (χ1) is 12.2. The van der Waals surface area contributed by atoms with Gasteiger partial charge in [0.1, 0.15) is 5.82 Å². The molecule has 2 saturated carbocycles. The van der Waals surface area contributed by atoms with Crippen LogP contribution < -0.4 is 10.6 Å². The minimum Gasteiger partial charge on any atom is -0.356 e. The zero-order chi connectivity index (χ0) is 17.3. The maximum atomic E-state index is 14.1. The number of piperidine rings is 1. The molecule has 4 nitrogen and oxygen atoms in total. The molecule has 5 heteroatoms. The molecule has 1 aromatic carbocycles. The van der Waals surface area contributed by atoms with Crippen LogP contribution in [0.25, 0.3) is 0 Å². The molecule has 0 spiro atoms. The van der Waals surface area contributed by atoms with Gasteiger partial charge >= 0.3 is 0 Å². The molecule has 3 fully saturated rings. The summed E-state index contributed by atoms with van der Waals surface area (Å²) in [6, 6.07) is 8.54. The molecule has 2 N–H and O–H groups in total. The molecule has 25 heavy (non-hydrogen) atoms. The van der Waals surface area contributed by atoms with Crippen LogP contribution in [0.5, 0.6) is 0 Å². The number of aliphatic imine (C=N–C) groups is 1. The Bertz CT molecular complexity index is 628. The average molecular weight is 344 g/mol. The van der Waals surface area contributed by atoms with Gasteiger partial charge in [-0.15, -0.1) is 0 Å². The molecule has 0 atom stereocenters. The Labute approximate surface area is 149 Å². The Balaban J connectivity index is 1.29. The molecule has 1 saturated heterocycles. The number of benzene rings is 1. The minimum absolute atomic E-state index is 0.0572. The van der Waals surface area contributed by atoms with Crippen molar-refractivity contribution in [2.45, 2.75) is 56.0 Å². The van der Waals surface area contributed by atoms with Gasteiger partial charge in [0.05, 0.1) is 0 Å². The summed E-state index contributed by atoms with van der Waals surface area (Å²) in [7, 11) is 1.82. The van der Waals surface area contributed by atoms with E-state index in [9.17, 15) is 4.39 Å². The second-order valence-corrected chi connectivity index (χ2v) is 7.87. The summed E-state index contributed by atoms with van der Waals surface area (Å²) < 4.78 is 14.1. The lowest BCUT2D eigenvalue weighted by molar-refractivity contribution is 0.197. The van der Waals surface area contributed by atoms with Crippen LogP contribution in [0.4, 0.5) is 4.39 Å². The van der Waals surface area contributed by atoms with Crippen LogP contribution in [0.15, 0.2) is 29.3 Å². The van der Waals surface area contributed by atoms with Gasteiger partial charge in [-0.25, -0.2) is 4.39 Å². The van der Waals surface area contributed by atoms with Crippen molar-refractivity contribution >= 4 is 5.96 Å². The molecule has 3 aliphatic rings. The van der Waals surface area contributed by atoms with E-state index in [1.54, 1.807) is 12.1 Å². The second kappa shape index (κ2) is 6.94. The van der Waals surface area contributed by atoms with Crippen LogP contribution in [0.2, 0.25) is 0 Å². The highest BCUT2D eigenvalue weighted by Gasteiger charge is 2.45. The van der Waals surface area contributed by atoms with Crippen LogP contribution in [0.3, 0.4) is 0 Å². The summed E-state index contributed by atoms with van der Waals surface area (Å²) in [5.41, 5.74) is 0.786. The number of rotatable bonds is 5. The Morgan fingerprint density at radius 3 is 2.52 bits per heavy atom. The third-order valence-corrected chi connectivity index (χ3v) is 6.05. The maximum Gasteiger partial charge on any atom is 0.191 e. The molecular weight excluding hydrogens is 315 g/mol. The Kier molecular flexibility index (Phi) is 4.67. The number of nitrogens with zero attached hydrogens (tertiary/aromatic N) is 2. The van der Waals surface area contributed by atoms with Gasteiger partial charge in [-0.05, 0) is 50.2 Å². The summed E-state index contributed by atoms with van der Waals surface area (Å²) in [6.45, 7) is 3.13. The third kappa shape index (κ3) is 3.81. The molecule has 1 aromatic rings. The van der Waals surface area contributed by atoms with E-state index < -0.39 is 0 Å². The van der Waals surface area contributed by atoms with Gasteiger partial charge in [0, 0.05) is 44.2 Å². The van der Waals surface area contributed by atoms with Crippen molar-refractivity contribution in [2.75, 3.05) is 26.7 Å². The Morgan fingerprint density at radius 1 is 1.20 bits per heavy atom. The topological polar surface area (TPSA) is 39.7 Å². The normalized spacial score (nSPS) is 24.2. The third-order valence-electron chi connectivity index (χ3n) is 6.05. The highest BCUT2D eigenvalue weighted by molar-refractivity contribution is 5.80. The zero-order valence-corrected chi connectivity index (χ0v) is 15.1. The Hall–Kier alpha value is -1.62. The monoisotopic (exact) mass is 344 g/mol. The number of hydrogen-bond acceptors (Lipinski definition) is 2. The van der Waals surface area contributed by atoms with Gasteiger partial charge in [0.25, 0.3) is 0 Å². The summed E-state index contributed by atoms with van der Waals surface area (Å²) >= 11 is 0. The molecule has 2 aliphatic carbocycles. The van der Waals surface area contributed by atoms with E-state index in [1.807, 2.05) is 19.2 Å². The molecule has 0 bridgehead atoms. The number of hydrogen-bond donors (Lipinski definition) is 2. The standard InChI is InChI=1S/C20H29FN4/c1-22-19(24-15-8-12-25(13-9-15)16-6-7-16)23-14-20(10-11-20)17-4-2-3-5-18(17)21/h2-5,15-16H,6-14H2,1H3,(H2,22,23,24). The van der Waals surface area contributed by atoms with E-state index in [0.717, 1.165) is 37.0 Å². The lowest BCUT2D eigenvalue weighted by Crippen LogP contribution is -2.50. The first-order valence-corrected chi connectivity index (χ1v) is 9.66. The first-order valence-electron chi connectivity index (χ1n) is 9.66. The predicted molar refractivity (Wildman–Crippen MR) is 99.4 cm³/mol. The van der Waals surface area contributed by atoms with Gasteiger partial charge < -0.3 is 15.5 Å². The van der Waals surface area contributed by atoms with E-state index in [2.05, 4.69) is 20.5 Å². The largest absolute Gasteiger partial charge is 0.356 e. The lowest BCUT2D eigenvalue weighted by Gasteiger charge is -2.33. The highest BCUT2D eigenvalue weighted by Crippen LogP contribution is 2.48. The van der Waals surface area contributed by atoms with Gasteiger partial charge in [-0.3, -0.25) is 4.99 Å². The summed E-state index contributed by atoms with van der Waals surface area (Å²) in [6.07, 6.45) is 7.21. The fourth-order valence-corrected chi connectivity index (χ4v) is 4.07. The zero-order valence-electron chi connectivity index (χ0n) is 15.1. The molecule has 0 amide bonds. The number of nitrogens with one attached hydrogen (secondary N) is 2. The lowest BCUT2D eigenvalue weighted by atomic mass is 9.95. The SMILES string of the molecule is CN=C(NCC1(c2ccccc2F)CC1)NC1CCN(C2CC2)CC1. The molecule has 0 unspecified atom stereocenters. The highest BCUT2D eigenvalue weighted by atomic mass is 19.1. The van der Waals surface area contributed by atoms with E-state index in [1.165, 1.54) is 38.8 Å². The van der Waals surface area contributed by atoms with Crippen molar-refractivity contribution in [3.05, 3.63) is 35.6 Å². The summed E-state index contributed by atoms with van der Waals surface area (Å²) in [5.74, 6) is 0.768. The molecule has 1 aliphatic heterocycles. The fourth-order valence-electron chi connectivity index (χ4n) is 4.07. The van der Waals surface area contributed by atoms with E-state index in [0.29, 0.717) is 6.04 Å². The van der Waals surface area contributed by atoms with Crippen LogP contribution >= 0.6 is 0 Å². The minimum atomic E-state index is -0.0859. The van der Waals surface area contributed by atoms with Crippen molar-refractivity contribution in [1.82, 2.24) is 15.5 Å². The molecule has 136 valence electrons. The van der Waals surface area contributed by atoms with Crippen molar-refractivity contribution in [1.29, 1.82) is 0 Å². The van der Waals surface area contributed by atoms with E-state index in [4.69, 9.17) is 0 Å². The smallest absolute Gasteiger partial charge is 0.191 e. The molecule has 0 radical (unpaired) electrons. The quantitative estimate of drug-likeness (QED) is 0.637. The fraction of sp³-hybridized carbons (Fsp3) is 0.650. The maximum absolute atomic E-state index is 14.1. The summed E-state index contributed by atoms with van der Waals surface area (Å²) in [5, 5.41) is 7.02. The molecule has 4 rings (SSSR count). The van der Waals surface area contributed by atoms with Crippen LogP contribution in [-0.2, 0) is 5.41 Å². The molecule has 0 aromatic heterocycles. The van der Waals surface area contributed by atoms with Crippen LogP contribution in [0, 0.1) is 5.82 Å². The van der Waals surface area contributed by atoms with Gasteiger partial charge in [-0.1, -0.05) is 18.2 Å². The van der Waals surface area contributed by atoms with Crippen molar-refractivity contribution in [3.8, 4) is 0 Å². The van der Waals surface area contributed by atoms with Crippen LogP contribution in [0.1, 0.15) is 44.1 Å². The van der Waals surface area contributed by atoms with Crippen molar-refractivity contribution < 1.29 is 4.39 Å². The number of halogens is 1. The predicted octanol–water partition coefficient (Wildman–Crippen LogP) is 2.65. The van der Waals surface area contributed by atoms with Crippen molar-refractivity contribution in [2.24, 2.45) is 4.99 Å². The number of likely N-dealkylation sites (tertiary alicyclic amines) is 1. The second-order valence-electron chi connectivity index (χ2n) is 7.87. The average Bonchev–Trinajstić information content (AvgIpc) is 3.54. The van der Waals surface area contributed by atoms with Gasteiger partial charge in [0.15, 0.2) is 5.96 Å². The summed E-state index contributed by atoms with van der Waals surface area (Å²) in [4.78, 5) is 7.01. The van der Waals surface area contributed by atoms with Gasteiger partial charge in [0.2, 0.25) is 0 Å². The van der Waals surface area contributed by atoms with E-state index >= 15 is 0 Å². The number of guanidine groups is 1. The first kappa shape index (κ1) is 16.8. The molecular formula is C20H29FN4. The van der Waals surface area contributed by atoms with Crippen molar-refractivity contribution in [3.63, 3.8) is 0 Å².